The molecule has 0 spiro atoms. The van der Waals surface area contributed by atoms with Gasteiger partial charge in [0.15, 0.2) is 11.6 Å². The summed E-state index contributed by atoms with van der Waals surface area (Å²) in [5, 5.41) is 3.47. The molecular weight excluding hydrogens is 262 g/mol. The third-order valence-electron chi connectivity index (χ3n) is 3.18. The summed E-state index contributed by atoms with van der Waals surface area (Å²) in [4.78, 5) is 22.9. The van der Waals surface area contributed by atoms with Gasteiger partial charge in [-0.1, -0.05) is 18.5 Å². The molecule has 3 nitrogen and oxygen atoms in total. The van der Waals surface area contributed by atoms with E-state index in [-0.39, 0.29) is 11.6 Å². The number of rotatable bonds is 3. The van der Waals surface area contributed by atoms with Crippen molar-refractivity contribution in [2.45, 2.75) is 26.7 Å². The number of benzene rings is 1. The van der Waals surface area contributed by atoms with Crippen molar-refractivity contribution >= 4 is 28.9 Å². The molecule has 1 aliphatic carbocycles. The predicted octanol–water partition coefficient (Wildman–Crippen LogP) is 3.75. The molecule has 1 aromatic carbocycles. The van der Waals surface area contributed by atoms with Crippen LogP contribution in [-0.2, 0) is 4.79 Å². The Kier molecular flexibility index (Phi) is 4.05. The highest BCUT2D eigenvalue weighted by molar-refractivity contribution is 6.43. The van der Waals surface area contributed by atoms with E-state index in [0.29, 0.717) is 22.9 Å². The van der Waals surface area contributed by atoms with Gasteiger partial charge in [0.2, 0.25) is 0 Å². The third-order valence-corrected chi connectivity index (χ3v) is 3.62. The van der Waals surface area contributed by atoms with Crippen LogP contribution in [0.3, 0.4) is 0 Å². The van der Waals surface area contributed by atoms with E-state index in [2.05, 4.69) is 5.32 Å². The van der Waals surface area contributed by atoms with Crippen LogP contribution in [0.5, 0.6) is 0 Å². The Morgan fingerprint density at radius 3 is 2.47 bits per heavy atom. The standard InChI is InChI=1S/C15H16ClNO2/c1-9-7-13(15(16)14(19)8-9)17-12-5-3-11(4-6-12)10(2)18/h3-6,9,17H,7-8H2,1-2H3/t9-/m0/s1. The van der Waals surface area contributed by atoms with Crippen LogP contribution < -0.4 is 5.32 Å². The maximum atomic E-state index is 11.7. The average Bonchev–Trinajstić information content (AvgIpc) is 2.36. The summed E-state index contributed by atoms with van der Waals surface area (Å²) in [7, 11) is 0. The summed E-state index contributed by atoms with van der Waals surface area (Å²) in [6, 6.07) is 7.15. The molecule has 2 rings (SSSR count). The minimum absolute atomic E-state index is 0.0109. The number of nitrogens with one attached hydrogen (secondary N) is 1. The van der Waals surface area contributed by atoms with E-state index in [0.717, 1.165) is 17.8 Å². The highest BCUT2D eigenvalue weighted by Gasteiger charge is 2.23. The number of Topliss-reactive ketones (excluding diaryl/α,β-unsaturated/α-hetero) is 2. The Morgan fingerprint density at radius 1 is 1.26 bits per heavy atom. The Morgan fingerprint density at radius 2 is 1.89 bits per heavy atom. The maximum absolute atomic E-state index is 11.7. The molecule has 1 atom stereocenters. The second-order valence-corrected chi connectivity index (χ2v) is 5.37. The van der Waals surface area contributed by atoms with Crippen LogP contribution >= 0.6 is 11.6 Å². The molecule has 0 amide bonds. The van der Waals surface area contributed by atoms with Gasteiger partial charge in [0, 0.05) is 23.4 Å². The van der Waals surface area contributed by atoms with Crippen LogP contribution in [0, 0.1) is 5.92 Å². The first kappa shape index (κ1) is 13.8. The number of ketones is 2. The zero-order valence-corrected chi connectivity index (χ0v) is 11.8. The molecular formula is C15H16ClNO2. The van der Waals surface area contributed by atoms with Gasteiger partial charge in [-0.15, -0.1) is 0 Å². The van der Waals surface area contributed by atoms with Gasteiger partial charge in [0.05, 0.1) is 0 Å². The van der Waals surface area contributed by atoms with Crippen molar-refractivity contribution in [1.29, 1.82) is 0 Å². The number of halogens is 1. The zero-order chi connectivity index (χ0) is 14.0. The first-order valence-electron chi connectivity index (χ1n) is 6.27. The summed E-state index contributed by atoms with van der Waals surface area (Å²) in [5.74, 6) is 0.322. The fourth-order valence-corrected chi connectivity index (χ4v) is 2.35. The molecule has 100 valence electrons. The van der Waals surface area contributed by atoms with Gasteiger partial charge in [-0.25, -0.2) is 0 Å². The van der Waals surface area contributed by atoms with E-state index in [9.17, 15) is 9.59 Å². The molecule has 19 heavy (non-hydrogen) atoms. The van der Waals surface area contributed by atoms with Crippen molar-refractivity contribution in [3.05, 3.63) is 40.6 Å². The minimum atomic E-state index is -0.0109. The largest absolute Gasteiger partial charge is 0.358 e. The fraction of sp³-hybridized carbons (Fsp3) is 0.333. The number of hydrogen-bond donors (Lipinski definition) is 1. The van der Waals surface area contributed by atoms with Gasteiger partial charge in [-0.2, -0.15) is 0 Å². The van der Waals surface area contributed by atoms with E-state index in [1.807, 2.05) is 19.1 Å². The number of carbonyl (C=O) groups is 2. The Labute approximate surface area is 117 Å². The van der Waals surface area contributed by atoms with Crippen molar-refractivity contribution in [2.75, 3.05) is 5.32 Å². The van der Waals surface area contributed by atoms with E-state index in [4.69, 9.17) is 11.6 Å². The van der Waals surface area contributed by atoms with Crippen molar-refractivity contribution in [1.82, 2.24) is 0 Å². The smallest absolute Gasteiger partial charge is 0.176 e. The molecule has 0 saturated carbocycles. The first-order valence-corrected chi connectivity index (χ1v) is 6.65. The van der Waals surface area contributed by atoms with E-state index < -0.39 is 0 Å². The van der Waals surface area contributed by atoms with Crippen LogP contribution in [0.1, 0.15) is 37.0 Å². The lowest BCUT2D eigenvalue weighted by Gasteiger charge is -2.22. The Bertz CT molecular complexity index is 546. The second kappa shape index (κ2) is 5.57. The summed E-state index contributed by atoms with van der Waals surface area (Å²) in [6.45, 7) is 3.56. The van der Waals surface area contributed by atoms with Gasteiger partial charge < -0.3 is 5.32 Å². The molecule has 0 aromatic heterocycles. The Balaban J connectivity index is 2.18. The fourth-order valence-electron chi connectivity index (χ4n) is 2.15. The molecule has 0 saturated heterocycles. The molecule has 1 N–H and O–H groups in total. The average molecular weight is 278 g/mol. The molecule has 0 aliphatic heterocycles. The van der Waals surface area contributed by atoms with Gasteiger partial charge in [-0.05, 0) is 43.5 Å². The summed E-state index contributed by atoms with van der Waals surface area (Å²) in [5.41, 5.74) is 2.26. The molecule has 0 heterocycles. The van der Waals surface area contributed by atoms with E-state index in [1.54, 1.807) is 12.1 Å². The monoisotopic (exact) mass is 277 g/mol. The van der Waals surface area contributed by atoms with Crippen molar-refractivity contribution < 1.29 is 9.59 Å². The number of anilines is 1. The van der Waals surface area contributed by atoms with Crippen LogP contribution in [0.2, 0.25) is 0 Å². The highest BCUT2D eigenvalue weighted by atomic mass is 35.5. The van der Waals surface area contributed by atoms with Gasteiger partial charge >= 0.3 is 0 Å². The van der Waals surface area contributed by atoms with Crippen molar-refractivity contribution in [3.63, 3.8) is 0 Å². The highest BCUT2D eigenvalue weighted by Crippen LogP contribution is 2.29. The minimum Gasteiger partial charge on any atom is -0.358 e. The lowest BCUT2D eigenvalue weighted by molar-refractivity contribution is -0.116. The number of allylic oxidation sites excluding steroid dienone is 2. The number of carbonyl (C=O) groups excluding carboxylic acids is 2. The molecule has 1 aromatic rings. The van der Waals surface area contributed by atoms with Crippen LogP contribution in [0.25, 0.3) is 0 Å². The molecule has 1 aliphatic rings. The Hall–Kier alpha value is -1.61. The predicted molar refractivity (Wildman–Crippen MR) is 76.4 cm³/mol. The third kappa shape index (κ3) is 3.24. The van der Waals surface area contributed by atoms with E-state index in [1.165, 1.54) is 6.92 Å². The quantitative estimate of drug-likeness (QED) is 0.856. The normalized spacial score (nSPS) is 19.5. The summed E-state index contributed by atoms with van der Waals surface area (Å²) in [6.07, 6.45) is 1.27. The topological polar surface area (TPSA) is 46.2 Å². The molecule has 0 bridgehead atoms. The molecule has 0 fully saturated rings. The first-order chi connectivity index (χ1) is 8.97. The molecule has 0 radical (unpaired) electrons. The zero-order valence-electron chi connectivity index (χ0n) is 11.0. The number of hydrogen-bond acceptors (Lipinski definition) is 3. The van der Waals surface area contributed by atoms with Crippen LogP contribution in [0.4, 0.5) is 5.69 Å². The molecule has 4 heteroatoms. The summed E-state index contributed by atoms with van der Waals surface area (Å²) >= 11 is 6.04. The van der Waals surface area contributed by atoms with Crippen LogP contribution in [-0.4, -0.2) is 11.6 Å². The lowest BCUT2D eigenvalue weighted by Crippen LogP contribution is -2.19. The van der Waals surface area contributed by atoms with Gasteiger partial charge in [0.25, 0.3) is 0 Å². The van der Waals surface area contributed by atoms with Crippen molar-refractivity contribution in [3.8, 4) is 0 Å². The van der Waals surface area contributed by atoms with Crippen molar-refractivity contribution in [2.24, 2.45) is 5.92 Å². The van der Waals surface area contributed by atoms with Gasteiger partial charge in [0.1, 0.15) is 5.03 Å². The van der Waals surface area contributed by atoms with Crippen LogP contribution in [0.15, 0.2) is 35.0 Å². The SMILES string of the molecule is CC(=O)c1ccc(NC2=C(Cl)C(=O)C[C@@H](C)C2)cc1. The summed E-state index contributed by atoms with van der Waals surface area (Å²) < 4.78 is 0. The van der Waals surface area contributed by atoms with E-state index >= 15 is 0 Å². The maximum Gasteiger partial charge on any atom is 0.176 e. The lowest BCUT2D eigenvalue weighted by atomic mass is 9.92. The van der Waals surface area contributed by atoms with Gasteiger partial charge in [-0.3, -0.25) is 9.59 Å². The second-order valence-electron chi connectivity index (χ2n) is 4.99. The molecule has 0 unspecified atom stereocenters.